The molecule has 1 aromatic heterocycles. The van der Waals surface area contributed by atoms with Crippen molar-refractivity contribution in [1.82, 2.24) is 15.6 Å². The first-order valence-electron chi connectivity index (χ1n) is 20.2. The normalized spacial score (nSPS) is 12.1. The van der Waals surface area contributed by atoms with Crippen LogP contribution in [0.25, 0.3) is 32.3 Å². The van der Waals surface area contributed by atoms with Crippen molar-refractivity contribution in [3.8, 4) is 16.9 Å². The Kier molecular flexibility index (Phi) is 20.6. The minimum atomic E-state index is -1.06. The third kappa shape index (κ3) is 16.5. The molecular weight excluding hydrogens is 771 g/mol. The van der Waals surface area contributed by atoms with Crippen LogP contribution in [0.15, 0.2) is 84.1 Å². The molecule has 4 aromatic rings. The highest BCUT2D eigenvalue weighted by Crippen LogP contribution is 2.35. The maximum absolute atomic E-state index is 13.5. The number of anilines is 1. The summed E-state index contributed by atoms with van der Waals surface area (Å²) in [5.74, 6) is -0.551. The van der Waals surface area contributed by atoms with Gasteiger partial charge in [0.05, 0.1) is 65.3 Å². The summed E-state index contributed by atoms with van der Waals surface area (Å²) in [6.45, 7) is 10.2. The van der Waals surface area contributed by atoms with Crippen molar-refractivity contribution in [2.75, 3.05) is 77.9 Å². The Bertz CT molecular complexity index is 1990. The minimum absolute atomic E-state index is 0.211. The molecular formula is C44H57N7O9. The molecule has 0 saturated heterocycles. The van der Waals surface area contributed by atoms with Gasteiger partial charge in [0, 0.05) is 36.0 Å². The lowest BCUT2D eigenvalue weighted by Crippen LogP contribution is -2.50. The van der Waals surface area contributed by atoms with E-state index in [-0.39, 0.29) is 24.7 Å². The van der Waals surface area contributed by atoms with E-state index in [1.54, 1.807) is 6.20 Å². The van der Waals surface area contributed by atoms with Gasteiger partial charge in [-0.15, -0.1) is 0 Å². The molecule has 2 atom stereocenters. The van der Waals surface area contributed by atoms with Gasteiger partial charge >= 0.3 is 5.97 Å². The van der Waals surface area contributed by atoms with Crippen LogP contribution in [0.4, 0.5) is 5.82 Å². The second kappa shape index (κ2) is 26.4. The number of carboxylic acids is 1. The Morgan fingerprint density at radius 2 is 1.47 bits per heavy atom. The van der Waals surface area contributed by atoms with Gasteiger partial charge < -0.3 is 44.7 Å². The zero-order valence-corrected chi connectivity index (χ0v) is 34.6. The van der Waals surface area contributed by atoms with Crippen molar-refractivity contribution >= 4 is 34.4 Å². The molecule has 0 aliphatic carbocycles. The number of benzene rings is 3. The number of aryl methyl sites for hydroxylation is 1. The number of aromatic nitrogens is 1. The molecule has 0 radical (unpaired) electrons. The monoisotopic (exact) mass is 827 g/mol. The molecule has 0 aliphatic heterocycles. The Labute approximate surface area is 350 Å². The number of amides is 2. The van der Waals surface area contributed by atoms with Gasteiger partial charge in [0.1, 0.15) is 24.2 Å². The Hall–Kier alpha value is -5.77. The Morgan fingerprint density at radius 1 is 0.817 bits per heavy atom. The van der Waals surface area contributed by atoms with Gasteiger partial charge in [0.2, 0.25) is 11.8 Å². The van der Waals surface area contributed by atoms with Crippen LogP contribution in [-0.4, -0.2) is 106 Å². The number of fused-ring (bicyclic) bond motifs is 1. The van der Waals surface area contributed by atoms with Crippen LogP contribution in [0, 0.1) is 12.8 Å². The SMILES string of the molecule is Cc1ccnc(NCCCC(=O)N[C@H](C(=O)N[C@@H](CC(=O)O)c2ccc(-c3ccc(OCCOCCOCCOCCOCCN=[N+]=[N-])c4ccccc34)cc2)C(C)C)c1. The maximum Gasteiger partial charge on any atom is 0.305 e. The topological polar surface area (TPSA) is 215 Å². The molecule has 60 heavy (non-hydrogen) atoms. The van der Waals surface area contributed by atoms with Gasteiger partial charge in [0.25, 0.3) is 0 Å². The van der Waals surface area contributed by atoms with Crippen LogP contribution in [0.1, 0.15) is 50.3 Å². The van der Waals surface area contributed by atoms with Gasteiger partial charge in [-0.25, -0.2) is 4.98 Å². The largest absolute Gasteiger partial charge is 0.491 e. The van der Waals surface area contributed by atoms with Crippen molar-refractivity contribution < 1.29 is 43.2 Å². The fraction of sp³-hybridized carbons (Fsp3) is 0.455. The summed E-state index contributed by atoms with van der Waals surface area (Å²) in [6, 6.07) is 21.5. The number of ether oxygens (including phenoxy) is 5. The number of carbonyl (C=O) groups is 3. The van der Waals surface area contributed by atoms with Gasteiger partial charge in [0.15, 0.2) is 0 Å². The molecule has 2 amide bonds. The molecule has 0 aliphatic rings. The Morgan fingerprint density at radius 3 is 2.10 bits per heavy atom. The van der Waals surface area contributed by atoms with Crippen LogP contribution < -0.4 is 20.7 Å². The number of nitrogens with one attached hydrogen (secondary N) is 3. The van der Waals surface area contributed by atoms with Crippen molar-refractivity contribution in [2.24, 2.45) is 11.0 Å². The summed E-state index contributed by atoms with van der Waals surface area (Å²) < 4.78 is 28.0. The first-order valence-corrected chi connectivity index (χ1v) is 20.2. The molecule has 4 N–H and O–H groups in total. The summed E-state index contributed by atoms with van der Waals surface area (Å²) in [5, 5.41) is 24.0. The van der Waals surface area contributed by atoms with E-state index in [1.165, 1.54) is 0 Å². The molecule has 0 spiro atoms. The minimum Gasteiger partial charge on any atom is -0.491 e. The zero-order valence-electron chi connectivity index (χ0n) is 34.6. The lowest BCUT2D eigenvalue weighted by Gasteiger charge is -2.25. The fourth-order valence-electron chi connectivity index (χ4n) is 6.23. The predicted octanol–water partition coefficient (Wildman–Crippen LogP) is 6.63. The van der Waals surface area contributed by atoms with E-state index in [9.17, 15) is 19.5 Å². The summed E-state index contributed by atoms with van der Waals surface area (Å²) in [6.07, 6.45) is 2.14. The van der Waals surface area contributed by atoms with E-state index in [4.69, 9.17) is 29.2 Å². The Balaban J connectivity index is 1.26. The molecule has 0 fully saturated rings. The molecule has 0 saturated carbocycles. The summed E-state index contributed by atoms with van der Waals surface area (Å²) >= 11 is 0. The first kappa shape index (κ1) is 46.9. The predicted molar refractivity (Wildman–Crippen MR) is 229 cm³/mol. The number of azide groups is 1. The lowest BCUT2D eigenvalue weighted by molar-refractivity contribution is -0.138. The molecule has 322 valence electrons. The average molecular weight is 828 g/mol. The van der Waals surface area contributed by atoms with Crippen LogP contribution in [0.5, 0.6) is 5.75 Å². The number of aliphatic carboxylic acids is 1. The van der Waals surface area contributed by atoms with E-state index in [0.717, 1.165) is 39.0 Å². The summed E-state index contributed by atoms with van der Waals surface area (Å²) in [4.78, 5) is 45.3. The second-order valence-electron chi connectivity index (χ2n) is 14.2. The zero-order chi connectivity index (χ0) is 43.0. The third-order valence-corrected chi connectivity index (χ3v) is 9.27. The maximum atomic E-state index is 13.5. The molecule has 4 rings (SSSR count). The van der Waals surface area contributed by atoms with Gasteiger partial charge in [-0.1, -0.05) is 73.6 Å². The number of carboxylic acid groups (broad SMARTS) is 1. The number of pyridine rings is 1. The van der Waals surface area contributed by atoms with Crippen molar-refractivity contribution in [1.29, 1.82) is 0 Å². The van der Waals surface area contributed by atoms with Crippen molar-refractivity contribution in [3.63, 3.8) is 0 Å². The highest BCUT2D eigenvalue weighted by Gasteiger charge is 2.28. The smallest absolute Gasteiger partial charge is 0.305 e. The van der Waals surface area contributed by atoms with Crippen LogP contribution in [0.2, 0.25) is 0 Å². The highest BCUT2D eigenvalue weighted by molar-refractivity contribution is 6.00. The second-order valence-corrected chi connectivity index (χ2v) is 14.2. The van der Waals surface area contributed by atoms with Crippen LogP contribution >= 0.6 is 0 Å². The van der Waals surface area contributed by atoms with Gasteiger partial charge in [-0.3, -0.25) is 14.4 Å². The summed E-state index contributed by atoms with van der Waals surface area (Å²) in [5.41, 5.74) is 11.8. The van der Waals surface area contributed by atoms with Crippen molar-refractivity contribution in [3.05, 3.63) is 101 Å². The van der Waals surface area contributed by atoms with E-state index in [0.29, 0.717) is 84.5 Å². The number of hydrogen-bond donors (Lipinski definition) is 4. The number of hydrogen-bond acceptors (Lipinski definition) is 11. The highest BCUT2D eigenvalue weighted by atomic mass is 16.6. The number of nitrogens with zero attached hydrogens (tertiary/aromatic N) is 4. The number of rotatable bonds is 29. The van der Waals surface area contributed by atoms with Crippen LogP contribution in [0.3, 0.4) is 0 Å². The van der Waals surface area contributed by atoms with E-state index >= 15 is 0 Å². The van der Waals surface area contributed by atoms with E-state index in [1.807, 2.05) is 93.6 Å². The van der Waals surface area contributed by atoms with Gasteiger partial charge in [-0.2, -0.15) is 0 Å². The molecule has 3 aromatic carbocycles. The fourth-order valence-corrected chi connectivity index (χ4v) is 6.23. The quantitative estimate of drug-likeness (QED) is 0.0197. The number of carbonyl (C=O) groups excluding carboxylic acids is 2. The van der Waals surface area contributed by atoms with Crippen molar-refractivity contribution in [2.45, 2.75) is 52.1 Å². The first-order chi connectivity index (χ1) is 29.2. The van der Waals surface area contributed by atoms with Crippen LogP contribution in [-0.2, 0) is 33.3 Å². The van der Waals surface area contributed by atoms with E-state index < -0.39 is 24.0 Å². The average Bonchev–Trinajstić information content (AvgIpc) is 3.23. The summed E-state index contributed by atoms with van der Waals surface area (Å²) in [7, 11) is 0. The molecule has 16 heteroatoms. The molecule has 0 bridgehead atoms. The lowest BCUT2D eigenvalue weighted by atomic mass is 9.95. The van der Waals surface area contributed by atoms with Gasteiger partial charge in [-0.05, 0) is 70.6 Å². The standard InChI is InChI=1S/C44H57N7O9/c1-31(2)43(50-41(52)9-6-17-46-40-29-32(3)16-18-47-40)44(55)49-38(30-42(53)54)34-12-10-33(11-13-34)35-14-15-39(37-8-5-4-7-36(35)37)60-28-27-59-26-25-58-24-23-57-22-21-56-20-19-48-51-45/h4-5,7-8,10-16,18,29,31,38,43H,6,9,17,19-28,30H2,1-3H3,(H,46,47)(H,49,55)(H,50,52)(H,53,54)/t38-,43-/m0/s1. The third-order valence-electron chi connectivity index (χ3n) is 9.27. The molecule has 0 unspecified atom stereocenters. The molecule has 16 nitrogen and oxygen atoms in total. The molecule has 1 heterocycles. The van der Waals surface area contributed by atoms with E-state index in [2.05, 4.69) is 31.0 Å².